The Balaban J connectivity index is 2.44. The van der Waals surface area contributed by atoms with Crippen LogP contribution in [-0.4, -0.2) is 36.5 Å². The lowest BCUT2D eigenvalue weighted by Gasteiger charge is -2.21. The Morgan fingerprint density at radius 3 is 2.37 bits per heavy atom. The molecule has 0 heterocycles. The fourth-order valence-corrected chi connectivity index (χ4v) is 2.26. The molecule has 3 N–H and O–H groups in total. The number of hydrogen-bond donors (Lipinski definition) is 3. The summed E-state index contributed by atoms with van der Waals surface area (Å²) in [6, 6.07) is 8.35. The zero-order valence-corrected chi connectivity index (χ0v) is 16.2. The first-order chi connectivity index (χ1) is 12.8. The highest BCUT2D eigenvalue weighted by molar-refractivity contribution is 5.89. The van der Waals surface area contributed by atoms with E-state index in [0.29, 0.717) is 6.42 Å². The molecular weight excluding hydrogens is 346 g/mol. The van der Waals surface area contributed by atoms with Crippen LogP contribution in [0.1, 0.15) is 32.8 Å². The molecular formula is C20H29N3O4. The van der Waals surface area contributed by atoms with Gasteiger partial charge >= 0.3 is 6.09 Å². The van der Waals surface area contributed by atoms with Gasteiger partial charge in [0.2, 0.25) is 11.8 Å². The van der Waals surface area contributed by atoms with E-state index in [2.05, 4.69) is 22.5 Å². The van der Waals surface area contributed by atoms with Crippen LogP contribution in [0, 0.1) is 5.92 Å². The van der Waals surface area contributed by atoms with Crippen molar-refractivity contribution in [2.75, 3.05) is 6.54 Å². The van der Waals surface area contributed by atoms with Crippen LogP contribution in [0.3, 0.4) is 0 Å². The van der Waals surface area contributed by atoms with Crippen molar-refractivity contribution in [2.24, 2.45) is 5.92 Å². The highest BCUT2D eigenvalue weighted by atomic mass is 16.5. The number of carbonyl (C=O) groups is 3. The van der Waals surface area contributed by atoms with Crippen LogP contribution in [-0.2, 0) is 20.9 Å². The molecule has 0 aliphatic carbocycles. The Morgan fingerprint density at radius 2 is 1.78 bits per heavy atom. The quantitative estimate of drug-likeness (QED) is 0.546. The highest BCUT2D eigenvalue weighted by Gasteiger charge is 2.22. The van der Waals surface area contributed by atoms with Gasteiger partial charge in [0.05, 0.1) is 0 Å². The molecule has 1 aromatic rings. The maximum Gasteiger partial charge on any atom is 0.407 e. The van der Waals surface area contributed by atoms with Gasteiger partial charge in [-0.1, -0.05) is 50.3 Å². The van der Waals surface area contributed by atoms with Crippen molar-refractivity contribution in [3.05, 3.63) is 48.6 Å². The van der Waals surface area contributed by atoms with Gasteiger partial charge in [-0.3, -0.25) is 9.59 Å². The predicted molar refractivity (Wildman–Crippen MR) is 104 cm³/mol. The minimum Gasteiger partial charge on any atom is -0.445 e. The average molecular weight is 375 g/mol. The Bertz CT molecular complexity index is 631. The van der Waals surface area contributed by atoms with Gasteiger partial charge in [-0.2, -0.15) is 0 Å². The van der Waals surface area contributed by atoms with Crippen LogP contribution in [0.2, 0.25) is 0 Å². The molecule has 0 bridgehead atoms. The monoisotopic (exact) mass is 375 g/mol. The van der Waals surface area contributed by atoms with Gasteiger partial charge in [-0.05, 0) is 24.8 Å². The van der Waals surface area contributed by atoms with E-state index in [4.69, 9.17) is 4.74 Å². The number of alkyl carbamates (subject to hydrolysis) is 1. The molecule has 148 valence electrons. The molecule has 2 atom stereocenters. The van der Waals surface area contributed by atoms with Crippen molar-refractivity contribution in [2.45, 2.75) is 45.9 Å². The number of benzene rings is 1. The average Bonchev–Trinajstić information content (AvgIpc) is 2.64. The Labute approximate surface area is 160 Å². The first kappa shape index (κ1) is 22.2. The number of carbonyl (C=O) groups excluding carboxylic acids is 3. The largest absolute Gasteiger partial charge is 0.445 e. The molecule has 0 spiro atoms. The minimum absolute atomic E-state index is 0.117. The molecule has 0 fully saturated rings. The first-order valence-electron chi connectivity index (χ1n) is 8.98. The van der Waals surface area contributed by atoms with Gasteiger partial charge in [0, 0.05) is 6.04 Å². The van der Waals surface area contributed by atoms with Crippen molar-refractivity contribution in [3.63, 3.8) is 0 Å². The Morgan fingerprint density at radius 1 is 1.11 bits per heavy atom. The molecule has 27 heavy (non-hydrogen) atoms. The molecule has 0 saturated heterocycles. The van der Waals surface area contributed by atoms with Gasteiger partial charge in [-0.15, -0.1) is 6.58 Å². The maximum absolute atomic E-state index is 12.3. The molecule has 0 aliphatic rings. The van der Waals surface area contributed by atoms with Crippen LogP contribution in [0.15, 0.2) is 43.0 Å². The van der Waals surface area contributed by atoms with Crippen LogP contribution in [0.4, 0.5) is 4.79 Å². The van der Waals surface area contributed by atoms with Crippen LogP contribution < -0.4 is 16.0 Å². The summed E-state index contributed by atoms with van der Waals surface area (Å²) in [7, 11) is 0. The Hall–Kier alpha value is -2.83. The molecule has 7 nitrogen and oxygen atoms in total. The third kappa shape index (κ3) is 9.44. The van der Waals surface area contributed by atoms with Gasteiger partial charge in [0.25, 0.3) is 0 Å². The van der Waals surface area contributed by atoms with Gasteiger partial charge < -0.3 is 20.7 Å². The SMILES string of the molecule is C=C[C@H](C)NC(=O)[C@H](CC(C)C)NC(=O)CNC(=O)OCc1ccccc1. The van der Waals surface area contributed by atoms with Crippen molar-refractivity contribution in [1.29, 1.82) is 0 Å². The van der Waals surface area contributed by atoms with Crippen LogP contribution in [0.5, 0.6) is 0 Å². The molecule has 0 aliphatic heterocycles. The van der Waals surface area contributed by atoms with Crippen molar-refractivity contribution >= 4 is 17.9 Å². The second kappa shape index (κ2) is 11.7. The molecule has 0 saturated carbocycles. The first-order valence-corrected chi connectivity index (χ1v) is 8.98. The summed E-state index contributed by atoms with van der Waals surface area (Å²) in [5, 5.41) is 7.79. The number of amides is 3. The highest BCUT2D eigenvalue weighted by Crippen LogP contribution is 2.05. The lowest BCUT2D eigenvalue weighted by molar-refractivity contribution is -0.129. The van der Waals surface area contributed by atoms with E-state index in [-0.39, 0.29) is 31.0 Å². The molecule has 0 radical (unpaired) electrons. The lowest BCUT2D eigenvalue weighted by Crippen LogP contribution is -2.51. The zero-order chi connectivity index (χ0) is 20.2. The molecule has 0 unspecified atom stereocenters. The van der Waals surface area contributed by atoms with Crippen LogP contribution >= 0.6 is 0 Å². The van der Waals surface area contributed by atoms with E-state index in [1.807, 2.05) is 44.2 Å². The van der Waals surface area contributed by atoms with Gasteiger partial charge in [0.15, 0.2) is 0 Å². The summed E-state index contributed by atoms with van der Waals surface area (Å²) in [6.45, 7) is 9.18. The van der Waals surface area contributed by atoms with E-state index < -0.39 is 18.0 Å². The predicted octanol–water partition coefficient (Wildman–Crippen LogP) is 2.13. The Kier molecular flexibility index (Phi) is 9.64. The van der Waals surface area contributed by atoms with E-state index in [9.17, 15) is 14.4 Å². The van der Waals surface area contributed by atoms with Crippen molar-refractivity contribution in [3.8, 4) is 0 Å². The summed E-state index contributed by atoms with van der Waals surface area (Å²) in [6.07, 6.45) is 1.40. The van der Waals surface area contributed by atoms with Crippen molar-refractivity contribution < 1.29 is 19.1 Å². The lowest BCUT2D eigenvalue weighted by atomic mass is 10.0. The second-order valence-electron chi connectivity index (χ2n) is 6.70. The third-order valence-corrected chi connectivity index (χ3v) is 3.69. The standard InChI is InChI=1S/C20H29N3O4/c1-5-15(4)22-19(25)17(11-14(2)3)23-18(24)12-21-20(26)27-13-16-9-7-6-8-10-16/h5-10,14-15,17H,1,11-13H2,2-4H3,(H,21,26)(H,22,25)(H,23,24)/t15-,17-/m0/s1. The fourth-order valence-electron chi connectivity index (χ4n) is 2.26. The summed E-state index contributed by atoms with van der Waals surface area (Å²) in [5.41, 5.74) is 0.849. The topological polar surface area (TPSA) is 96.5 Å². The van der Waals surface area contributed by atoms with E-state index in [1.54, 1.807) is 13.0 Å². The molecule has 0 aromatic heterocycles. The second-order valence-corrected chi connectivity index (χ2v) is 6.70. The minimum atomic E-state index is -0.695. The van der Waals surface area contributed by atoms with Crippen molar-refractivity contribution in [1.82, 2.24) is 16.0 Å². The van der Waals surface area contributed by atoms with Gasteiger partial charge in [0.1, 0.15) is 19.2 Å². The number of nitrogens with one attached hydrogen (secondary N) is 3. The summed E-state index contributed by atoms with van der Waals surface area (Å²) >= 11 is 0. The normalized spacial score (nSPS) is 12.6. The number of rotatable bonds is 10. The summed E-state index contributed by atoms with van der Waals surface area (Å²) in [5.74, 6) is -0.529. The van der Waals surface area contributed by atoms with Gasteiger partial charge in [-0.25, -0.2) is 4.79 Å². The van der Waals surface area contributed by atoms with E-state index >= 15 is 0 Å². The summed E-state index contributed by atoms with van der Waals surface area (Å²) < 4.78 is 5.04. The van der Waals surface area contributed by atoms with Crippen LogP contribution in [0.25, 0.3) is 0 Å². The zero-order valence-electron chi connectivity index (χ0n) is 16.2. The molecule has 1 rings (SSSR count). The maximum atomic E-state index is 12.3. The smallest absolute Gasteiger partial charge is 0.407 e. The summed E-state index contributed by atoms with van der Waals surface area (Å²) in [4.78, 5) is 36.1. The fraction of sp³-hybridized carbons (Fsp3) is 0.450. The van der Waals surface area contributed by atoms with E-state index in [0.717, 1.165) is 5.56 Å². The number of hydrogen-bond acceptors (Lipinski definition) is 4. The molecule has 1 aromatic carbocycles. The molecule has 7 heteroatoms. The number of ether oxygens (including phenoxy) is 1. The third-order valence-electron chi connectivity index (χ3n) is 3.69. The van der Waals surface area contributed by atoms with E-state index in [1.165, 1.54) is 0 Å². The molecule has 3 amide bonds.